The van der Waals surface area contributed by atoms with Gasteiger partial charge in [0.1, 0.15) is 12.2 Å². The summed E-state index contributed by atoms with van der Waals surface area (Å²) >= 11 is 0. The van der Waals surface area contributed by atoms with Gasteiger partial charge >= 0.3 is 0 Å². The van der Waals surface area contributed by atoms with Crippen LogP contribution in [0.15, 0.2) is 48.5 Å². The molecule has 0 N–H and O–H groups in total. The smallest absolute Gasteiger partial charge is 0.106 e. The van der Waals surface area contributed by atoms with Crippen molar-refractivity contribution in [1.82, 2.24) is 0 Å². The fourth-order valence-electron chi connectivity index (χ4n) is 3.08. The van der Waals surface area contributed by atoms with E-state index in [2.05, 4.69) is 76.2 Å². The Balaban J connectivity index is 1.61. The maximum Gasteiger partial charge on any atom is 0.106 e. The van der Waals surface area contributed by atoms with Crippen LogP contribution in [0.25, 0.3) is 0 Å². The highest BCUT2D eigenvalue weighted by atomic mass is 16.6. The van der Waals surface area contributed by atoms with Crippen LogP contribution in [0.1, 0.15) is 74.0 Å². The molecule has 2 heteroatoms. The van der Waals surface area contributed by atoms with Crippen molar-refractivity contribution < 1.29 is 9.47 Å². The van der Waals surface area contributed by atoms with Gasteiger partial charge in [-0.25, -0.2) is 0 Å². The predicted molar refractivity (Wildman–Crippen MR) is 98.4 cm³/mol. The lowest BCUT2D eigenvalue weighted by atomic mass is 9.99. The van der Waals surface area contributed by atoms with Crippen molar-refractivity contribution in [1.29, 1.82) is 0 Å². The minimum Gasteiger partial charge on any atom is -0.368 e. The molecule has 0 bridgehead atoms. The average molecular weight is 324 g/mol. The molecule has 24 heavy (non-hydrogen) atoms. The summed E-state index contributed by atoms with van der Waals surface area (Å²) in [6.07, 6.45) is 0.0785. The average Bonchev–Trinajstić information content (AvgIpc) is 2.62. The molecule has 2 nitrogen and oxygen atoms in total. The number of hydrogen-bond acceptors (Lipinski definition) is 2. The molecule has 0 aliphatic carbocycles. The largest absolute Gasteiger partial charge is 0.368 e. The third-order valence-electron chi connectivity index (χ3n) is 4.85. The first-order valence-corrected chi connectivity index (χ1v) is 8.97. The lowest BCUT2D eigenvalue weighted by Gasteiger charge is -2.30. The highest BCUT2D eigenvalue weighted by molar-refractivity contribution is 5.28. The van der Waals surface area contributed by atoms with Gasteiger partial charge in [0, 0.05) is 0 Å². The molecular weight excluding hydrogens is 296 g/mol. The molecule has 0 saturated carbocycles. The zero-order chi connectivity index (χ0) is 17.1. The predicted octanol–water partition coefficient (Wildman–Crippen LogP) is 5.76. The summed E-state index contributed by atoms with van der Waals surface area (Å²) in [7, 11) is 0. The van der Waals surface area contributed by atoms with Gasteiger partial charge in [0.25, 0.3) is 0 Å². The molecule has 2 aromatic rings. The SMILES string of the molecule is CC(C)c1ccc([C@@H]2CO[C@@H](c3ccc(C(C)C)cc3)CO2)cc1. The molecule has 1 aliphatic heterocycles. The molecule has 0 spiro atoms. The Hall–Kier alpha value is -1.64. The van der Waals surface area contributed by atoms with Crippen LogP contribution >= 0.6 is 0 Å². The van der Waals surface area contributed by atoms with Crippen LogP contribution in [0.3, 0.4) is 0 Å². The van der Waals surface area contributed by atoms with Gasteiger partial charge in [-0.05, 0) is 34.1 Å². The van der Waals surface area contributed by atoms with Gasteiger partial charge in [-0.1, -0.05) is 76.2 Å². The Morgan fingerprint density at radius 1 is 0.625 bits per heavy atom. The van der Waals surface area contributed by atoms with Crippen LogP contribution in [0.4, 0.5) is 0 Å². The second-order valence-electron chi connectivity index (χ2n) is 7.29. The van der Waals surface area contributed by atoms with Crippen molar-refractivity contribution in [3.05, 3.63) is 70.8 Å². The molecule has 2 aromatic carbocycles. The van der Waals surface area contributed by atoms with E-state index < -0.39 is 0 Å². The van der Waals surface area contributed by atoms with Crippen molar-refractivity contribution in [3.8, 4) is 0 Å². The molecule has 1 heterocycles. The molecule has 128 valence electrons. The van der Waals surface area contributed by atoms with Crippen LogP contribution in [0.2, 0.25) is 0 Å². The van der Waals surface area contributed by atoms with Gasteiger partial charge in [-0.2, -0.15) is 0 Å². The van der Waals surface area contributed by atoms with Gasteiger partial charge < -0.3 is 9.47 Å². The van der Waals surface area contributed by atoms with Crippen LogP contribution in [0.5, 0.6) is 0 Å². The molecule has 2 atom stereocenters. The topological polar surface area (TPSA) is 18.5 Å². The maximum atomic E-state index is 6.08. The van der Waals surface area contributed by atoms with E-state index >= 15 is 0 Å². The molecule has 0 radical (unpaired) electrons. The molecule has 0 unspecified atom stereocenters. The fraction of sp³-hybridized carbons (Fsp3) is 0.455. The summed E-state index contributed by atoms with van der Waals surface area (Å²) in [5.41, 5.74) is 5.12. The van der Waals surface area contributed by atoms with Crippen molar-refractivity contribution in [3.63, 3.8) is 0 Å². The second kappa shape index (κ2) is 7.50. The second-order valence-corrected chi connectivity index (χ2v) is 7.29. The van der Waals surface area contributed by atoms with E-state index in [0.717, 1.165) is 0 Å². The van der Waals surface area contributed by atoms with Crippen LogP contribution in [0, 0.1) is 0 Å². The lowest BCUT2D eigenvalue weighted by molar-refractivity contribution is -0.137. The van der Waals surface area contributed by atoms with E-state index in [0.29, 0.717) is 25.0 Å². The summed E-state index contributed by atoms with van der Waals surface area (Å²) in [6.45, 7) is 10.1. The summed E-state index contributed by atoms with van der Waals surface area (Å²) in [5, 5.41) is 0. The monoisotopic (exact) mass is 324 g/mol. The fourth-order valence-corrected chi connectivity index (χ4v) is 3.08. The van der Waals surface area contributed by atoms with Crippen molar-refractivity contribution >= 4 is 0 Å². The minimum absolute atomic E-state index is 0.0393. The summed E-state index contributed by atoms with van der Waals surface area (Å²) in [4.78, 5) is 0. The molecule has 1 fully saturated rings. The highest BCUT2D eigenvalue weighted by Crippen LogP contribution is 2.31. The zero-order valence-electron chi connectivity index (χ0n) is 15.2. The van der Waals surface area contributed by atoms with Crippen molar-refractivity contribution in [2.75, 3.05) is 13.2 Å². The van der Waals surface area contributed by atoms with E-state index in [1.807, 2.05) is 0 Å². The summed E-state index contributed by atoms with van der Waals surface area (Å²) in [5.74, 6) is 1.11. The number of benzene rings is 2. The quantitative estimate of drug-likeness (QED) is 0.711. The number of ether oxygens (including phenoxy) is 2. The van der Waals surface area contributed by atoms with E-state index in [4.69, 9.17) is 9.47 Å². The molecule has 0 aromatic heterocycles. The van der Waals surface area contributed by atoms with Crippen LogP contribution < -0.4 is 0 Å². The Kier molecular flexibility index (Phi) is 5.37. The Morgan fingerprint density at radius 3 is 1.21 bits per heavy atom. The Morgan fingerprint density at radius 2 is 0.958 bits per heavy atom. The standard InChI is InChI=1S/C22H28O2/c1-15(2)17-5-9-19(10-6-17)21-13-24-22(14-23-21)20-11-7-18(8-12-20)16(3)4/h5-12,15-16,21-22H,13-14H2,1-4H3/t21-,22+. The van der Waals surface area contributed by atoms with Gasteiger partial charge in [0.15, 0.2) is 0 Å². The van der Waals surface area contributed by atoms with Gasteiger partial charge in [-0.3, -0.25) is 0 Å². The van der Waals surface area contributed by atoms with E-state index in [1.54, 1.807) is 0 Å². The van der Waals surface area contributed by atoms with Gasteiger partial charge in [-0.15, -0.1) is 0 Å². The van der Waals surface area contributed by atoms with Gasteiger partial charge in [0.05, 0.1) is 13.2 Å². The first-order valence-electron chi connectivity index (χ1n) is 8.97. The first kappa shape index (κ1) is 17.2. The van der Waals surface area contributed by atoms with E-state index in [9.17, 15) is 0 Å². The Labute approximate surface area is 145 Å². The highest BCUT2D eigenvalue weighted by Gasteiger charge is 2.24. The maximum absolute atomic E-state index is 6.08. The molecule has 1 aliphatic rings. The third-order valence-corrected chi connectivity index (χ3v) is 4.85. The van der Waals surface area contributed by atoms with E-state index in [-0.39, 0.29) is 12.2 Å². The number of hydrogen-bond donors (Lipinski definition) is 0. The molecule has 0 amide bonds. The summed E-state index contributed by atoms with van der Waals surface area (Å²) in [6, 6.07) is 17.4. The normalized spacial score (nSPS) is 21.4. The minimum atomic E-state index is 0.0393. The summed E-state index contributed by atoms with van der Waals surface area (Å²) < 4.78 is 12.2. The van der Waals surface area contributed by atoms with Gasteiger partial charge in [0.2, 0.25) is 0 Å². The Bertz CT molecular complexity index is 573. The van der Waals surface area contributed by atoms with Crippen molar-refractivity contribution in [2.24, 2.45) is 0 Å². The molecular formula is C22H28O2. The van der Waals surface area contributed by atoms with Crippen LogP contribution in [-0.2, 0) is 9.47 Å². The van der Waals surface area contributed by atoms with Crippen LogP contribution in [-0.4, -0.2) is 13.2 Å². The lowest BCUT2D eigenvalue weighted by Crippen LogP contribution is -2.25. The molecule has 1 saturated heterocycles. The van der Waals surface area contributed by atoms with E-state index in [1.165, 1.54) is 22.3 Å². The molecule has 3 rings (SSSR count). The first-order chi connectivity index (χ1) is 11.5. The zero-order valence-corrected chi connectivity index (χ0v) is 15.2. The van der Waals surface area contributed by atoms with Crippen molar-refractivity contribution in [2.45, 2.75) is 51.7 Å². The third kappa shape index (κ3) is 3.88. The number of rotatable bonds is 4.